The zero-order valence-electron chi connectivity index (χ0n) is 19.9. The number of imidazole rings is 1. The van der Waals surface area contributed by atoms with Gasteiger partial charge in [0.2, 0.25) is 0 Å². The van der Waals surface area contributed by atoms with E-state index in [2.05, 4.69) is 9.88 Å². The molecule has 0 unspecified atom stereocenters. The Balaban J connectivity index is 1.38. The SMILES string of the molecule is COc1ccc(CN2CCOC[C@@](O)(COc3cccc(C)c3)C2)cc1OCCn1ccnc1. The standard InChI is InChI=1S/C26H33N3O5/c1-21-4-3-5-23(14-21)34-19-26(30)17-29(10-12-32-18-26)16-22-6-7-24(31-2)25(15-22)33-13-11-28-9-8-27-20-28/h3-9,14-15,20,30H,10-13,16-19H2,1-2H3/t26-/m1/s1. The van der Waals surface area contributed by atoms with E-state index in [1.165, 1.54) is 0 Å². The second-order valence-electron chi connectivity index (χ2n) is 8.73. The van der Waals surface area contributed by atoms with Crippen molar-refractivity contribution in [1.29, 1.82) is 0 Å². The lowest BCUT2D eigenvalue weighted by Crippen LogP contribution is -2.48. The molecule has 0 radical (unpaired) electrons. The first-order valence-electron chi connectivity index (χ1n) is 11.5. The average Bonchev–Trinajstić information content (AvgIpc) is 3.27. The van der Waals surface area contributed by atoms with E-state index in [0.717, 1.165) is 23.4 Å². The zero-order valence-corrected chi connectivity index (χ0v) is 19.9. The summed E-state index contributed by atoms with van der Waals surface area (Å²) in [5.41, 5.74) is 1.09. The van der Waals surface area contributed by atoms with Gasteiger partial charge >= 0.3 is 0 Å². The molecular weight excluding hydrogens is 434 g/mol. The van der Waals surface area contributed by atoms with Crippen LogP contribution in [0, 0.1) is 6.92 Å². The fraction of sp³-hybridized carbons (Fsp3) is 0.423. The fourth-order valence-corrected chi connectivity index (χ4v) is 4.01. The maximum Gasteiger partial charge on any atom is 0.161 e. The lowest BCUT2D eigenvalue weighted by Gasteiger charge is -2.30. The van der Waals surface area contributed by atoms with Gasteiger partial charge in [0.25, 0.3) is 0 Å². The number of methoxy groups -OCH3 is 1. The van der Waals surface area contributed by atoms with Crippen molar-refractivity contribution in [2.75, 3.05) is 46.6 Å². The first-order chi connectivity index (χ1) is 16.5. The first-order valence-corrected chi connectivity index (χ1v) is 11.5. The molecule has 0 saturated carbocycles. The number of aliphatic hydroxyl groups is 1. The van der Waals surface area contributed by atoms with Crippen LogP contribution in [0.5, 0.6) is 17.2 Å². The summed E-state index contributed by atoms with van der Waals surface area (Å²) in [6.45, 7) is 5.99. The molecule has 0 aliphatic carbocycles. The molecule has 1 saturated heterocycles. The predicted molar refractivity (Wildman–Crippen MR) is 128 cm³/mol. The summed E-state index contributed by atoms with van der Waals surface area (Å²) >= 11 is 0. The number of hydrogen-bond acceptors (Lipinski definition) is 7. The van der Waals surface area contributed by atoms with Crippen LogP contribution < -0.4 is 14.2 Å². The van der Waals surface area contributed by atoms with Crippen molar-refractivity contribution in [2.24, 2.45) is 0 Å². The van der Waals surface area contributed by atoms with Crippen LogP contribution in [0.15, 0.2) is 61.2 Å². The van der Waals surface area contributed by atoms with E-state index in [-0.39, 0.29) is 13.2 Å². The highest BCUT2D eigenvalue weighted by molar-refractivity contribution is 5.43. The first kappa shape index (κ1) is 24.1. The number of ether oxygens (including phenoxy) is 4. The second kappa shape index (κ2) is 11.4. The average molecular weight is 468 g/mol. The van der Waals surface area contributed by atoms with Crippen molar-refractivity contribution in [3.05, 3.63) is 72.3 Å². The molecule has 8 nitrogen and oxygen atoms in total. The summed E-state index contributed by atoms with van der Waals surface area (Å²) in [6.07, 6.45) is 5.42. The Kier molecular flexibility index (Phi) is 8.05. The van der Waals surface area contributed by atoms with Crippen molar-refractivity contribution in [2.45, 2.75) is 25.6 Å². The maximum atomic E-state index is 11.2. The third-order valence-corrected chi connectivity index (χ3v) is 5.74. The second-order valence-corrected chi connectivity index (χ2v) is 8.73. The summed E-state index contributed by atoms with van der Waals surface area (Å²) in [6, 6.07) is 13.8. The molecule has 1 fully saturated rings. The number of β-amino-alcohol motifs (C(OH)–C–C–N with tert-alkyl or cyclic N) is 1. The molecule has 182 valence electrons. The van der Waals surface area contributed by atoms with E-state index in [1.54, 1.807) is 19.6 Å². The summed E-state index contributed by atoms with van der Waals surface area (Å²) in [4.78, 5) is 6.24. The van der Waals surface area contributed by atoms with Crippen LogP contribution in [-0.4, -0.2) is 71.8 Å². The molecule has 1 aliphatic rings. The molecule has 3 aromatic rings. The number of rotatable bonds is 10. The van der Waals surface area contributed by atoms with E-state index in [1.807, 2.05) is 60.2 Å². The number of nitrogens with zero attached hydrogens (tertiary/aromatic N) is 3. The van der Waals surface area contributed by atoms with Gasteiger partial charge in [-0.3, -0.25) is 4.90 Å². The van der Waals surface area contributed by atoms with Gasteiger partial charge in [-0.05, 0) is 42.3 Å². The molecule has 0 amide bonds. The van der Waals surface area contributed by atoms with Crippen LogP contribution in [0.25, 0.3) is 0 Å². The number of hydrogen-bond donors (Lipinski definition) is 1. The van der Waals surface area contributed by atoms with Gasteiger partial charge in [-0.15, -0.1) is 0 Å². The molecule has 0 spiro atoms. The third-order valence-electron chi connectivity index (χ3n) is 5.74. The van der Waals surface area contributed by atoms with Crippen molar-refractivity contribution < 1.29 is 24.1 Å². The smallest absolute Gasteiger partial charge is 0.161 e. The molecule has 2 heterocycles. The fourth-order valence-electron chi connectivity index (χ4n) is 4.01. The van der Waals surface area contributed by atoms with Gasteiger partial charge in [-0.2, -0.15) is 0 Å². The van der Waals surface area contributed by atoms with E-state index >= 15 is 0 Å². The number of aryl methyl sites for hydroxylation is 1. The van der Waals surface area contributed by atoms with Crippen LogP contribution in [-0.2, 0) is 17.8 Å². The molecule has 0 bridgehead atoms. The summed E-state index contributed by atoms with van der Waals surface area (Å²) < 4.78 is 25.1. The van der Waals surface area contributed by atoms with Crippen molar-refractivity contribution in [3.63, 3.8) is 0 Å². The Hall–Kier alpha value is -3.07. The van der Waals surface area contributed by atoms with Crippen molar-refractivity contribution in [1.82, 2.24) is 14.5 Å². The van der Waals surface area contributed by atoms with Crippen LogP contribution in [0.1, 0.15) is 11.1 Å². The Morgan fingerprint density at radius 2 is 2.06 bits per heavy atom. The minimum absolute atomic E-state index is 0.165. The molecule has 1 aromatic heterocycles. The molecule has 4 rings (SSSR count). The Bertz CT molecular complexity index is 1040. The Morgan fingerprint density at radius 1 is 1.15 bits per heavy atom. The van der Waals surface area contributed by atoms with Crippen LogP contribution in [0.4, 0.5) is 0 Å². The van der Waals surface area contributed by atoms with Crippen LogP contribution in [0.3, 0.4) is 0 Å². The molecule has 2 aromatic carbocycles. The summed E-state index contributed by atoms with van der Waals surface area (Å²) in [7, 11) is 1.64. The van der Waals surface area contributed by atoms with Gasteiger partial charge < -0.3 is 28.6 Å². The minimum atomic E-state index is -1.10. The monoisotopic (exact) mass is 467 g/mol. The molecular formula is C26H33N3O5. The predicted octanol–water partition coefficient (Wildman–Crippen LogP) is 2.92. The number of aromatic nitrogens is 2. The lowest BCUT2D eigenvalue weighted by atomic mass is 10.1. The third kappa shape index (κ3) is 6.72. The topological polar surface area (TPSA) is 78.2 Å². The van der Waals surface area contributed by atoms with Gasteiger partial charge in [0.15, 0.2) is 11.5 Å². The highest BCUT2D eigenvalue weighted by Crippen LogP contribution is 2.29. The van der Waals surface area contributed by atoms with Gasteiger partial charge in [0.05, 0.1) is 33.2 Å². The largest absolute Gasteiger partial charge is 0.493 e. The van der Waals surface area contributed by atoms with Crippen molar-refractivity contribution >= 4 is 0 Å². The van der Waals surface area contributed by atoms with Gasteiger partial charge in [-0.1, -0.05) is 18.2 Å². The zero-order chi connectivity index (χ0) is 23.8. The minimum Gasteiger partial charge on any atom is -0.493 e. The summed E-state index contributed by atoms with van der Waals surface area (Å²) in [5, 5.41) is 11.2. The number of benzene rings is 2. The van der Waals surface area contributed by atoms with Gasteiger partial charge in [-0.25, -0.2) is 4.98 Å². The Morgan fingerprint density at radius 3 is 2.85 bits per heavy atom. The van der Waals surface area contributed by atoms with Crippen LogP contribution >= 0.6 is 0 Å². The quantitative estimate of drug-likeness (QED) is 0.491. The highest BCUT2D eigenvalue weighted by Gasteiger charge is 2.33. The molecule has 1 N–H and O–H groups in total. The highest BCUT2D eigenvalue weighted by atomic mass is 16.5. The normalized spacial score (nSPS) is 18.9. The van der Waals surface area contributed by atoms with Gasteiger partial charge in [0, 0.05) is 32.0 Å². The van der Waals surface area contributed by atoms with Gasteiger partial charge in [0.1, 0.15) is 24.6 Å². The molecule has 1 atom stereocenters. The maximum absolute atomic E-state index is 11.2. The summed E-state index contributed by atoms with van der Waals surface area (Å²) in [5.74, 6) is 2.14. The van der Waals surface area contributed by atoms with Crippen molar-refractivity contribution in [3.8, 4) is 17.2 Å². The molecule has 1 aliphatic heterocycles. The van der Waals surface area contributed by atoms with Crippen LogP contribution in [0.2, 0.25) is 0 Å². The van der Waals surface area contributed by atoms with E-state index in [9.17, 15) is 5.11 Å². The van der Waals surface area contributed by atoms with E-state index < -0.39 is 5.60 Å². The Labute approximate surface area is 200 Å². The van der Waals surface area contributed by atoms with E-state index in [4.69, 9.17) is 18.9 Å². The molecule has 8 heteroatoms. The van der Waals surface area contributed by atoms with E-state index in [0.29, 0.717) is 44.3 Å². The molecule has 34 heavy (non-hydrogen) atoms. The lowest BCUT2D eigenvalue weighted by molar-refractivity contribution is -0.0646.